The maximum atomic E-state index is 8.68. The number of anilines is 1. The van der Waals surface area contributed by atoms with Crippen LogP contribution < -0.4 is 5.73 Å². The number of nitrogen functional groups attached to an aromatic ring is 1. The maximum Gasteiger partial charge on any atom is 0.178 e. The van der Waals surface area contributed by atoms with E-state index in [-0.39, 0.29) is 0 Å². The molecule has 0 saturated carbocycles. The molecule has 2 N–H and O–H groups in total. The van der Waals surface area contributed by atoms with Crippen molar-refractivity contribution >= 4 is 28.8 Å². The highest BCUT2D eigenvalue weighted by atomic mass is 32.2. The highest BCUT2D eigenvalue weighted by Crippen LogP contribution is 2.32. The third-order valence-electron chi connectivity index (χ3n) is 1.68. The van der Waals surface area contributed by atoms with E-state index in [1.54, 1.807) is 17.6 Å². The van der Waals surface area contributed by atoms with Gasteiger partial charge in [0.1, 0.15) is 5.51 Å². The molecule has 1 aromatic heterocycles. The summed E-state index contributed by atoms with van der Waals surface area (Å²) in [6, 6.07) is 7.25. The van der Waals surface area contributed by atoms with E-state index in [1.807, 2.05) is 12.1 Å². The summed E-state index contributed by atoms with van der Waals surface area (Å²) in [4.78, 5) is 0.894. The molecule has 15 heavy (non-hydrogen) atoms. The summed E-state index contributed by atoms with van der Waals surface area (Å²) in [7, 11) is 0. The Labute approximate surface area is 94.8 Å². The summed E-state index contributed by atoms with van der Waals surface area (Å²) in [5.41, 5.74) is 8.62. The lowest BCUT2D eigenvalue weighted by atomic mass is 10.2. The molecule has 0 spiro atoms. The minimum atomic E-state index is 0.564. The van der Waals surface area contributed by atoms with E-state index in [2.05, 4.69) is 10.2 Å². The summed E-state index contributed by atoms with van der Waals surface area (Å²) in [6.45, 7) is 0. The minimum absolute atomic E-state index is 0.564. The number of hydrogen-bond acceptors (Lipinski definition) is 6. The Hall–Kier alpha value is -1.58. The van der Waals surface area contributed by atoms with Crippen LogP contribution in [0, 0.1) is 11.3 Å². The van der Waals surface area contributed by atoms with Crippen LogP contribution in [0.2, 0.25) is 0 Å². The Morgan fingerprint density at radius 2 is 2.33 bits per heavy atom. The molecule has 0 unspecified atom stereocenters. The highest BCUT2D eigenvalue weighted by molar-refractivity contribution is 8.01. The maximum absolute atomic E-state index is 8.68. The van der Waals surface area contributed by atoms with Crippen LogP contribution in [-0.4, -0.2) is 10.2 Å². The number of aromatic nitrogens is 2. The molecule has 0 amide bonds. The molecular formula is C9H6N4S2. The van der Waals surface area contributed by atoms with E-state index in [0.717, 1.165) is 9.24 Å². The fourth-order valence-electron chi connectivity index (χ4n) is 1.01. The second-order valence-electron chi connectivity index (χ2n) is 2.67. The number of nitrogens with zero attached hydrogens (tertiary/aromatic N) is 3. The Balaban J connectivity index is 2.27. The summed E-state index contributed by atoms with van der Waals surface area (Å²) in [6.07, 6.45) is 0. The van der Waals surface area contributed by atoms with Crippen LogP contribution >= 0.6 is 23.1 Å². The number of nitriles is 1. The monoisotopic (exact) mass is 234 g/mol. The van der Waals surface area contributed by atoms with Crippen molar-refractivity contribution in [3.63, 3.8) is 0 Å². The second kappa shape index (κ2) is 4.29. The molecule has 6 heteroatoms. The van der Waals surface area contributed by atoms with Crippen molar-refractivity contribution in [2.24, 2.45) is 0 Å². The predicted octanol–water partition coefficient (Wildman–Crippen LogP) is 2.14. The van der Waals surface area contributed by atoms with Crippen molar-refractivity contribution in [3.05, 3.63) is 29.3 Å². The first kappa shape index (κ1) is 9.96. The van der Waals surface area contributed by atoms with Crippen molar-refractivity contribution < 1.29 is 0 Å². The van der Waals surface area contributed by atoms with E-state index >= 15 is 0 Å². The Morgan fingerprint density at radius 3 is 2.93 bits per heavy atom. The number of hydrogen-bond donors (Lipinski definition) is 1. The lowest BCUT2D eigenvalue weighted by Gasteiger charge is -2.01. The van der Waals surface area contributed by atoms with Crippen molar-refractivity contribution in [2.45, 2.75) is 9.24 Å². The van der Waals surface area contributed by atoms with Crippen LogP contribution in [0.3, 0.4) is 0 Å². The number of rotatable bonds is 2. The summed E-state index contributed by atoms with van der Waals surface area (Å²) in [5.74, 6) is 0. The molecule has 74 valence electrons. The van der Waals surface area contributed by atoms with E-state index in [9.17, 15) is 0 Å². The third-order valence-corrected chi connectivity index (χ3v) is 3.55. The zero-order valence-corrected chi connectivity index (χ0v) is 9.18. The molecule has 2 aromatic rings. The van der Waals surface area contributed by atoms with Gasteiger partial charge in [0.05, 0.1) is 11.6 Å². The highest BCUT2D eigenvalue weighted by Gasteiger charge is 2.05. The molecule has 2 rings (SSSR count). The number of nitrogens with two attached hydrogens (primary N) is 1. The molecule has 0 aliphatic carbocycles. The summed E-state index contributed by atoms with van der Waals surface area (Å²) < 4.78 is 0.839. The third kappa shape index (κ3) is 2.26. The van der Waals surface area contributed by atoms with Gasteiger partial charge in [-0.3, -0.25) is 0 Å². The standard InChI is InChI=1S/C9H6N4S2/c10-4-6-1-2-8(7(11)3-6)15-9-13-12-5-14-9/h1-3,5H,11H2. The average molecular weight is 234 g/mol. The molecule has 4 nitrogen and oxygen atoms in total. The van der Waals surface area contributed by atoms with Crippen LogP contribution in [0.15, 0.2) is 32.9 Å². The molecule has 0 radical (unpaired) electrons. The van der Waals surface area contributed by atoms with E-state index in [4.69, 9.17) is 11.0 Å². The minimum Gasteiger partial charge on any atom is -0.398 e. The first-order chi connectivity index (χ1) is 7.29. The Bertz CT molecular complexity index is 501. The lowest BCUT2D eigenvalue weighted by Crippen LogP contribution is -1.89. The van der Waals surface area contributed by atoms with Crippen molar-refractivity contribution in [1.29, 1.82) is 5.26 Å². The molecule has 0 aliphatic heterocycles. The van der Waals surface area contributed by atoms with Crippen LogP contribution in [0.25, 0.3) is 0 Å². The Kier molecular flexibility index (Phi) is 2.85. The van der Waals surface area contributed by atoms with Gasteiger partial charge in [0.2, 0.25) is 0 Å². The van der Waals surface area contributed by atoms with Gasteiger partial charge in [0.15, 0.2) is 4.34 Å². The first-order valence-electron chi connectivity index (χ1n) is 4.03. The van der Waals surface area contributed by atoms with Crippen molar-refractivity contribution in [3.8, 4) is 6.07 Å². The molecule has 0 saturated heterocycles. The normalized spacial score (nSPS) is 9.80. The molecule has 1 aromatic carbocycles. The van der Waals surface area contributed by atoms with Gasteiger partial charge in [-0.1, -0.05) is 23.1 Å². The second-order valence-corrected chi connectivity index (χ2v) is 4.79. The topological polar surface area (TPSA) is 75.6 Å². The fraction of sp³-hybridized carbons (Fsp3) is 0. The van der Waals surface area contributed by atoms with Crippen molar-refractivity contribution in [1.82, 2.24) is 10.2 Å². The average Bonchev–Trinajstić information content (AvgIpc) is 2.74. The zero-order chi connectivity index (χ0) is 10.7. The smallest absolute Gasteiger partial charge is 0.178 e. The van der Waals surface area contributed by atoms with Gasteiger partial charge in [-0.05, 0) is 18.2 Å². The van der Waals surface area contributed by atoms with Crippen LogP contribution in [0.1, 0.15) is 5.56 Å². The van der Waals surface area contributed by atoms with Crippen molar-refractivity contribution in [2.75, 3.05) is 5.73 Å². The van der Waals surface area contributed by atoms with E-state index in [0.29, 0.717) is 11.3 Å². The van der Waals surface area contributed by atoms with Crippen LogP contribution in [0.5, 0.6) is 0 Å². The molecule has 0 atom stereocenters. The molecule has 1 heterocycles. The summed E-state index contributed by atoms with van der Waals surface area (Å²) >= 11 is 2.91. The summed E-state index contributed by atoms with van der Waals surface area (Å²) in [5, 5.41) is 16.3. The van der Waals surface area contributed by atoms with Crippen LogP contribution in [-0.2, 0) is 0 Å². The SMILES string of the molecule is N#Cc1ccc(Sc2nncs2)c(N)c1. The first-order valence-corrected chi connectivity index (χ1v) is 5.73. The van der Waals surface area contributed by atoms with Gasteiger partial charge >= 0.3 is 0 Å². The molecule has 0 bridgehead atoms. The van der Waals surface area contributed by atoms with Gasteiger partial charge in [0, 0.05) is 10.6 Å². The lowest BCUT2D eigenvalue weighted by molar-refractivity contribution is 1.01. The largest absolute Gasteiger partial charge is 0.398 e. The van der Waals surface area contributed by atoms with Gasteiger partial charge in [-0.15, -0.1) is 10.2 Å². The molecule has 0 aliphatic rings. The Morgan fingerprint density at radius 1 is 1.47 bits per heavy atom. The van der Waals surface area contributed by atoms with Gasteiger partial charge in [-0.25, -0.2) is 0 Å². The predicted molar refractivity (Wildman–Crippen MR) is 59.6 cm³/mol. The van der Waals surface area contributed by atoms with E-state index < -0.39 is 0 Å². The van der Waals surface area contributed by atoms with E-state index in [1.165, 1.54) is 23.1 Å². The fourth-order valence-corrected chi connectivity index (χ4v) is 2.47. The van der Waals surface area contributed by atoms with Gasteiger partial charge in [-0.2, -0.15) is 5.26 Å². The zero-order valence-electron chi connectivity index (χ0n) is 7.54. The molecule has 0 fully saturated rings. The molecular weight excluding hydrogens is 228 g/mol. The van der Waals surface area contributed by atoms with Gasteiger partial charge < -0.3 is 5.73 Å². The quantitative estimate of drug-likeness (QED) is 0.806. The van der Waals surface area contributed by atoms with Gasteiger partial charge in [0.25, 0.3) is 0 Å². The number of benzene rings is 1. The van der Waals surface area contributed by atoms with Crippen LogP contribution in [0.4, 0.5) is 5.69 Å².